The van der Waals surface area contributed by atoms with E-state index in [1.807, 2.05) is 30.3 Å². The molecule has 0 bridgehead atoms. The molecule has 1 rings (SSSR count). The molecule has 0 saturated carbocycles. The van der Waals surface area contributed by atoms with Crippen molar-refractivity contribution in [1.82, 2.24) is 0 Å². The lowest BCUT2D eigenvalue weighted by molar-refractivity contribution is -0.135. The molecule has 0 aliphatic heterocycles. The number of ether oxygens (including phenoxy) is 1. The molecule has 0 fully saturated rings. The molecule has 0 saturated heterocycles. The normalized spacial score (nSPS) is 10.1. The third kappa shape index (κ3) is 3.53. The molecule has 0 aliphatic rings. The molecule has 0 unspecified atom stereocenters. The van der Waals surface area contributed by atoms with E-state index >= 15 is 0 Å². The first-order valence-electron chi connectivity index (χ1n) is 4.73. The molecule has 0 spiro atoms. The van der Waals surface area contributed by atoms with Crippen molar-refractivity contribution in [3.05, 3.63) is 54.3 Å². The summed E-state index contributed by atoms with van der Waals surface area (Å²) in [6.07, 6.45) is 2.87. The van der Waals surface area contributed by atoms with E-state index in [9.17, 15) is 9.59 Å². The molecule has 16 heavy (non-hydrogen) atoms. The van der Waals surface area contributed by atoms with Gasteiger partial charge in [0.25, 0.3) is 0 Å². The summed E-state index contributed by atoms with van der Waals surface area (Å²) in [5.74, 6) is -1.11. The predicted octanol–water partition coefficient (Wildman–Crippen LogP) is 2.35. The van der Waals surface area contributed by atoms with Crippen molar-refractivity contribution < 1.29 is 14.3 Å². The molecular weight excluding hydrogens is 204 g/mol. The van der Waals surface area contributed by atoms with Gasteiger partial charge in [0.2, 0.25) is 0 Å². The number of esters is 1. The lowest BCUT2D eigenvalue weighted by Gasteiger charge is -1.98. The minimum Gasteiger partial charge on any atom is -0.431 e. The van der Waals surface area contributed by atoms with Gasteiger partial charge >= 0.3 is 5.97 Å². The summed E-state index contributed by atoms with van der Waals surface area (Å²) in [4.78, 5) is 22.0. The Hall–Kier alpha value is -2.16. The fourth-order valence-electron chi connectivity index (χ4n) is 0.953. The van der Waals surface area contributed by atoms with Crippen LogP contribution in [0.3, 0.4) is 0 Å². The number of rotatable bonds is 4. The standard InChI is InChI=1S/C13H12O3/c1-10(11(2)14)13(15)16-9-8-12-6-4-3-5-7-12/h3-9H,1H2,2H3. The summed E-state index contributed by atoms with van der Waals surface area (Å²) < 4.78 is 4.73. The van der Waals surface area contributed by atoms with E-state index in [2.05, 4.69) is 6.58 Å². The number of hydrogen-bond acceptors (Lipinski definition) is 3. The van der Waals surface area contributed by atoms with Crippen molar-refractivity contribution in [1.29, 1.82) is 0 Å². The molecule has 0 aromatic heterocycles. The molecule has 1 aromatic carbocycles. The first-order valence-corrected chi connectivity index (χ1v) is 4.73. The van der Waals surface area contributed by atoms with Crippen LogP contribution < -0.4 is 0 Å². The van der Waals surface area contributed by atoms with Gasteiger partial charge in [-0.3, -0.25) is 4.79 Å². The van der Waals surface area contributed by atoms with Crippen molar-refractivity contribution in [2.24, 2.45) is 0 Å². The zero-order valence-corrected chi connectivity index (χ0v) is 8.97. The number of carbonyl (C=O) groups excluding carboxylic acids is 2. The van der Waals surface area contributed by atoms with E-state index in [0.717, 1.165) is 5.56 Å². The highest BCUT2D eigenvalue weighted by atomic mass is 16.5. The zero-order valence-electron chi connectivity index (χ0n) is 8.97. The Balaban J connectivity index is 2.53. The van der Waals surface area contributed by atoms with Crippen LogP contribution in [0.1, 0.15) is 12.5 Å². The summed E-state index contributed by atoms with van der Waals surface area (Å²) in [5, 5.41) is 0. The first kappa shape index (κ1) is 11.9. The van der Waals surface area contributed by atoms with Crippen LogP contribution in [0.2, 0.25) is 0 Å². The molecule has 0 atom stereocenters. The van der Waals surface area contributed by atoms with Crippen LogP contribution in [0.4, 0.5) is 0 Å². The minimum atomic E-state index is -0.723. The highest BCUT2D eigenvalue weighted by molar-refractivity contribution is 6.15. The second-order valence-electron chi connectivity index (χ2n) is 3.15. The number of ketones is 1. The van der Waals surface area contributed by atoms with Gasteiger partial charge in [0.1, 0.15) is 0 Å². The SMILES string of the molecule is C=C(C(C)=O)C(=O)OC=Cc1ccccc1. The molecule has 1 aromatic rings. The van der Waals surface area contributed by atoms with E-state index in [1.54, 1.807) is 6.08 Å². The molecule has 0 aliphatic carbocycles. The lowest BCUT2D eigenvalue weighted by atomic mass is 10.2. The zero-order chi connectivity index (χ0) is 12.0. The maximum Gasteiger partial charge on any atom is 0.345 e. The molecule has 3 nitrogen and oxygen atoms in total. The van der Waals surface area contributed by atoms with Crippen molar-refractivity contribution >= 4 is 17.8 Å². The molecule has 0 N–H and O–H groups in total. The number of carbonyl (C=O) groups is 2. The molecular formula is C13H12O3. The quantitative estimate of drug-likeness (QED) is 0.255. The minimum absolute atomic E-state index is 0.155. The average Bonchev–Trinajstić information content (AvgIpc) is 2.29. The lowest BCUT2D eigenvalue weighted by Crippen LogP contribution is -2.09. The highest BCUT2D eigenvalue weighted by Gasteiger charge is 2.11. The summed E-state index contributed by atoms with van der Waals surface area (Å²) in [6, 6.07) is 9.36. The van der Waals surface area contributed by atoms with Crippen LogP contribution in [0.15, 0.2) is 48.7 Å². The van der Waals surface area contributed by atoms with Crippen LogP contribution in [-0.2, 0) is 14.3 Å². The van der Waals surface area contributed by atoms with Gasteiger partial charge in [-0.25, -0.2) is 4.79 Å². The van der Waals surface area contributed by atoms with Crippen molar-refractivity contribution in [3.8, 4) is 0 Å². The van der Waals surface area contributed by atoms with Crippen molar-refractivity contribution in [3.63, 3.8) is 0 Å². The summed E-state index contributed by atoms with van der Waals surface area (Å²) in [7, 11) is 0. The fourth-order valence-corrected chi connectivity index (χ4v) is 0.953. The van der Waals surface area contributed by atoms with Crippen LogP contribution in [0, 0.1) is 0 Å². The maximum atomic E-state index is 11.2. The smallest absolute Gasteiger partial charge is 0.345 e. The molecule has 82 valence electrons. The van der Waals surface area contributed by atoms with Gasteiger partial charge in [-0.05, 0) is 18.6 Å². The Morgan fingerprint density at radius 1 is 1.25 bits per heavy atom. The summed E-state index contributed by atoms with van der Waals surface area (Å²) >= 11 is 0. The van der Waals surface area contributed by atoms with Gasteiger partial charge in [0, 0.05) is 0 Å². The molecule has 3 heteroatoms. The Morgan fingerprint density at radius 2 is 1.88 bits per heavy atom. The largest absolute Gasteiger partial charge is 0.431 e. The van der Waals surface area contributed by atoms with Crippen LogP contribution in [-0.4, -0.2) is 11.8 Å². The van der Waals surface area contributed by atoms with E-state index in [-0.39, 0.29) is 5.57 Å². The second-order valence-corrected chi connectivity index (χ2v) is 3.15. The van der Waals surface area contributed by atoms with Gasteiger partial charge in [-0.1, -0.05) is 36.9 Å². The monoisotopic (exact) mass is 216 g/mol. The third-order valence-corrected chi connectivity index (χ3v) is 1.91. The topological polar surface area (TPSA) is 43.4 Å². The fraction of sp³-hybridized carbons (Fsp3) is 0.0769. The van der Waals surface area contributed by atoms with Crippen LogP contribution in [0.5, 0.6) is 0 Å². The Kier molecular flexibility index (Phi) is 4.21. The van der Waals surface area contributed by atoms with E-state index < -0.39 is 11.8 Å². The molecule has 0 heterocycles. The van der Waals surface area contributed by atoms with Crippen LogP contribution >= 0.6 is 0 Å². The summed E-state index contributed by atoms with van der Waals surface area (Å²) in [6.45, 7) is 4.59. The highest BCUT2D eigenvalue weighted by Crippen LogP contribution is 2.02. The van der Waals surface area contributed by atoms with Gasteiger partial charge in [-0.15, -0.1) is 0 Å². The van der Waals surface area contributed by atoms with Crippen LogP contribution in [0.25, 0.3) is 6.08 Å². The third-order valence-electron chi connectivity index (χ3n) is 1.91. The Bertz CT molecular complexity index is 430. The first-order chi connectivity index (χ1) is 7.61. The van der Waals surface area contributed by atoms with Gasteiger partial charge < -0.3 is 4.74 Å². The number of Topliss-reactive ketones (excluding diaryl/α,β-unsaturated/α-hetero) is 1. The van der Waals surface area contributed by atoms with E-state index in [4.69, 9.17) is 4.74 Å². The predicted molar refractivity (Wildman–Crippen MR) is 61.4 cm³/mol. The van der Waals surface area contributed by atoms with Gasteiger partial charge in [0.05, 0.1) is 11.8 Å². The molecule has 0 amide bonds. The second kappa shape index (κ2) is 5.66. The summed E-state index contributed by atoms with van der Waals surface area (Å²) in [5.41, 5.74) is 0.751. The van der Waals surface area contributed by atoms with Gasteiger partial charge in [-0.2, -0.15) is 0 Å². The van der Waals surface area contributed by atoms with Crippen molar-refractivity contribution in [2.75, 3.05) is 0 Å². The average molecular weight is 216 g/mol. The van der Waals surface area contributed by atoms with Gasteiger partial charge in [0.15, 0.2) is 5.78 Å². The number of benzene rings is 1. The Morgan fingerprint density at radius 3 is 2.44 bits per heavy atom. The number of hydrogen-bond donors (Lipinski definition) is 0. The van der Waals surface area contributed by atoms with E-state index in [0.29, 0.717) is 0 Å². The Labute approximate surface area is 94.0 Å². The van der Waals surface area contributed by atoms with Crippen molar-refractivity contribution in [2.45, 2.75) is 6.92 Å². The van der Waals surface area contributed by atoms with E-state index in [1.165, 1.54) is 13.2 Å². The molecule has 0 radical (unpaired) electrons. The maximum absolute atomic E-state index is 11.2.